The van der Waals surface area contributed by atoms with Crippen molar-refractivity contribution in [2.45, 2.75) is 77.4 Å². The normalized spacial score (nSPS) is 36.7. The van der Waals surface area contributed by atoms with Crippen LogP contribution >= 0.6 is 0 Å². The molecule has 0 aromatic heterocycles. The third kappa shape index (κ3) is 3.84. The molecule has 1 aliphatic heterocycles. The minimum atomic E-state index is -0.432. The molecule has 0 spiro atoms. The van der Waals surface area contributed by atoms with E-state index >= 15 is 0 Å². The van der Waals surface area contributed by atoms with Gasteiger partial charge in [0.25, 0.3) is 0 Å². The van der Waals surface area contributed by atoms with Crippen molar-refractivity contribution >= 4 is 6.09 Å². The van der Waals surface area contributed by atoms with Crippen LogP contribution in [-0.4, -0.2) is 41.9 Å². The van der Waals surface area contributed by atoms with E-state index in [0.717, 1.165) is 43.7 Å². The lowest BCUT2D eigenvalue weighted by molar-refractivity contribution is -0.0635. The van der Waals surface area contributed by atoms with E-state index in [0.29, 0.717) is 6.54 Å². The fourth-order valence-electron chi connectivity index (χ4n) is 4.70. The number of hydrogen-bond donors (Lipinski definition) is 0. The Morgan fingerprint density at radius 1 is 1.26 bits per heavy atom. The molecule has 1 heterocycles. The first kappa shape index (κ1) is 17.1. The van der Waals surface area contributed by atoms with Gasteiger partial charge in [0.15, 0.2) is 0 Å². The molecule has 23 heavy (non-hydrogen) atoms. The minimum Gasteiger partial charge on any atom is -0.444 e. The van der Waals surface area contributed by atoms with Crippen molar-refractivity contribution in [2.75, 3.05) is 19.7 Å². The van der Waals surface area contributed by atoms with Gasteiger partial charge in [0, 0.05) is 6.54 Å². The largest absolute Gasteiger partial charge is 0.444 e. The summed E-state index contributed by atoms with van der Waals surface area (Å²) in [7, 11) is 0. The number of amides is 1. The van der Waals surface area contributed by atoms with Gasteiger partial charge in [0.2, 0.25) is 0 Å². The molecule has 4 atom stereocenters. The van der Waals surface area contributed by atoms with Crippen molar-refractivity contribution in [3.05, 3.63) is 0 Å². The SMILES string of the molecule is CCC1(OCC2CC3CCC2C3)CCN(C(=O)OC(C)(C)C)C1. The third-order valence-corrected chi connectivity index (χ3v) is 6.10. The molecule has 2 saturated carbocycles. The summed E-state index contributed by atoms with van der Waals surface area (Å²) < 4.78 is 11.9. The van der Waals surface area contributed by atoms with Gasteiger partial charge in [-0.3, -0.25) is 0 Å². The number of rotatable bonds is 4. The summed E-state index contributed by atoms with van der Waals surface area (Å²) in [6.07, 6.45) is 7.33. The maximum Gasteiger partial charge on any atom is 0.410 e. The molecule has 0 radical (unpaired) electrons. The van der Waals surface area contributed by atoms with Crippen molar-refractivity contribution in [1.82, 2.24) is 4.90 Å². The fourth-order valence-corrected chi connectivity index (χ4v) is 4.70. The first-order chi connectivity index (χ1) is 10.8. The van der Waals surface area contributed by atoms with Gasteiger partial charge in [0.1, 0.15) is 5.60 Å². The van der Waals surface area contributed by atoms with Crippen LogP contribution in [0.1, 0.15) is 66.2 Å². The summed E-state index contributed by atoms with van der Waals surface area (Å²) in [5, 5.41) is 0. The molecule has 3 aliphatic rings. The molecular weight excluding hydrogens is 290 g/mol. The highest BCUT2D eigenvalue weighted by Crippen LogP contribution is 2.48. The second kappa shape index (κ2) is 6.27. The van der Waals surface area contributed by atoms with Crippen LogP contribution in [-0.2, 0) is 9.47 Å². The molecule has 1 saturated heterocycles. The molecular formula is C19H33NO3. The lowest BCUT2D eigenvalue weighted by Crippen LogP contribution is -2.41. The van der Waals surface area contributed by atoms with E-state index in [2.05, 4.69) is 6.92 Å². The Balaban J connectivity index is 1.52. The summed E-state index contributed by atoms with van der Waals surface area (Å²) in [6, 6.07) is 0. The molecule has 0 aromatic carbocycles. The Morgan fingerprint density at radius 3 is 2.61 bits per heavy atom. The van der Waals surface area contributed by atoms with E-state index in [1.807, 2.05) is 25.7 Å². The van der Waals surface area contributed by atoms with E-state index in [-0.39, 0.29) is 11.7 Å². The summed E-state index contributed by atoms with van der Waals surface area (Å²) in [4.78, 5) is 14.1. The van der Waals surface area contributed by atoms with E-state index < -0.39 is 5.60 Å². The van der Waals surface area contributed by atoms with Crippen LogP contribution in [0.3, 0.4) is 0 Å². The molecule has 0 N–H and O–H groups in total. The van der Waals surface area contributed by atoms with Gasteiger partial charge in [-0.1, -0.05) is 13.3 Å². The van der Waals surface area contributed by atoms with Crippen molar-refractivity contribution in [1.29, 1.82) is 0 Å². The number of carbonyl (C=O) groups excluding carboxylic acids is 1. The molecule has 0 aromatic rings. The lowest BCUT2D eigenvalue weighted by Gasteiger charge is -2.32. The lowest BCUT2D eigenvalue weighted by atomic mass is 9.89. The molecule has 4 heteroatoms. The van der Waals surface area contributed by atoms with Crippen LogP contribution in [0.2, 0.25) is 0 Å². The summed E-state index contributed by atoms with van der Waals surface area (Å²) in [5.41, 5.74) is -0.586. The first-order valence-electron chi connectivity index (χ1n) is 9.42. The van der Waals surface area contributed by atoms with Crippen LogP contribution in [0.25, 0.3) is 0 Å². The van der Waals surface area contributed by atoms with Crippen molar-refractivity contribution in [2.24, 2.45) is 17.8 Å². The number of ether oxygens (including phenoxy) is 2. The zero-order valence-electron chi connectivity index (χ0n) is 15.3. The van der Waals surface area contributed by atoms with Crippen molar-refractivity contribution in [3.63, 3.8) is 0 Å². The van der Waals surface area contributed by atoms with Gasteiger partial charge >= 0.3 is 6.09 Å². The number of hydrogen-bond acceptors (Lipinski definition) is 3. The Labute approximate surface area is 140 Å². The minimum absolute atomic E-state index is 0.154. The molecule has 4 unspecified atom stereocenters. The Morgan fingerprint density at radius 2 is 2.04 bits per heavy atom. The Kier molecular flexibility index (Phi) is 4.65. The van der Waals surface area contributed by atoms with E-state index in [1.54, 1.807) is 0 Å². The van der Waals surface area contributed by atoms with Crippen LogP contribution < -0.4 is 0 Å². The van der Waals surface area contributed by atoms with E-state index in [4.69, 9.17) is 9.47 Å². The summed E-state index contributed by atoms with van der Waals surface area (Å²) >= 11 is 0. The molecule has 2 bridgehead atoms. The monoisotopic (exact) mass is 323 g/mol. The first-order valence-corrected chi connectivity index (χ1v) is 9.42. The highest BCUT2D eigenvalue weighted by Gasteiger charge is 2.44. The zero-order chi connectivity index (χ0) is 16.7. The molecule has 3 fully saturated rings. The summed E-state index contributed by atoms with van der Waals surface area (Å²) in [6.45, 7) is 10.2. The van der Waals surface area contributed by atoms with Gasteiger partial charge in [-0.25, -0.2) is 4.79 Å². The second-order valence-electron chi connectivity index (χ2n) is 8.93. The standard InChI is InChI=1S/C19H33NO3/c1-5-19(22-12-16-11-14-6-7-15(16)10-14)8-9-20(13-19)17(21)23-18(2,3)4/h14-16H,5-13H2,1-4H3. The topological polar surface area (TPSA) is 38.8 Å². The van der Waals surface area contributed by atoms with Gasteiger partial charge < -0.3 is 14.4 Å². The molecule has 3 rings (SSSR count). The third-order valence-electron chi connectivity index (χ3n) is 6.10. The van der Waals surface area contributed by atoms with Crippen LogP contribution in [0.5, 0.6) is 0 Å². The Bertz CT molecular complexity index is 444. The van der Waals surface area contributed by atoms with Crippen LogP contribution in [0, 0.1) is 17.8 Å². The highest BCUT2D eigenvalue weighted by molar-refractivity contribution is 5.68. The number of likely N-dealkylation sites (tertiary alicyclic amines) is 1. The number of fused-ring (bicyclic) bond motifs is 2. The average molecular weight is 323 g/mol. The van der Waals surface area contributed by atoms with Gasteiger partial charge in [-0.15, -0.1) is 0 Å². The van der Waals surface area contributed by atoms with Crippen LogP contribution in [0.4, 0.5) is 4.79 Å². The predicted octanol–water partition coefficient (Wildman–Crippen LogP) is 4.23. The van der Waals surface area contributed by atoms with Crippen molar-refractivity contribution in [3.8, 4) is 0 Å². The van der Waals surface area contributed by atoms with E-state index in [9.17, 15) is 4.79 Å². The molecule has 1 amide bonds. The zero-order valence-corrected chi connectivity index (χ0v) is 15.3. The fraction of sp³-hybridized carbons (Fsp3) is 0.947. The molecule has 132 valence electrons. The smallest absolute Gasteiger partial charge is 0.410 e. The quantitative estimate of drug-likeness (QED) is 0.777. The number of nitrogens with zero attached hydrogens (tertiary/aromatic N) is 1. The van der Waals surface area contributed by atoms with Gasteiger partial charge in [0.05, 0.1) is 18.8 Å². The van der Waals surface area contributed by atoms with Gasteiger partial charge in [-0.2, -0.15) is 0 Å². The molecule has 2 aliphatic carbocycles. The average Bonchev–Trinajstić information content (AvgIpc) is 3.19. The highest BCUT2D eigenvalue weighted by atomic mass is 16.6. The van der Waals surface area contributed by atoms with Crippen molar-refractivity contribution < 1.29 is 14.3 Å². The second-order valence-corrected chi connectivity index (χ2v) is 8.93. The van der Waals surface area contributed by atoms with E-state index in [1.165, 1.54) is 25.7 Å². The summed E-state index contributed by atoms with van der Waals surface area (Å²) in [5.74, 6) is 2.62. The van der Waals surface area contributed by atoms with Crippen LogP contribution in [0.15, 0.2) is 0 Å². The maximum absolute atomic E-state index is 12.3. The molecule has 4 nitrogen and oxygen atoms in total. The predicted molar refractivity (Wildman–Crippen MR) is 90.3 cm³/mol. The Hall–Kier alpha value is -0.770. The number of carbonyl (C=O) groups is 1. The van der Waals surface area contributed by atoms with Gasteiger partial charge in [-0.05, 0) is 70.6 Å². The maximum atomic E-state index is 12.3.